The standard InChI is InChI=1S/C21H15F2N7O/c1-11(28-20-15(9-24)19(25)26-10-27-20)18-17(12-6-13(22)8-14(23)7-12)21(31)30-5-3-2-4-16(30)29-18/h2-8,10-11H,1H3,(H3,25,26,27,28). The molecule has 0 saturated carbocycles. The number of hydrogen-bond donors (Lipinski definition) is 2. The first-order chi connectivity index (χ1) is 14.9. The van der Waals surface area contributed by atoms with Crippen molar-refractivity contribution in [3.8, 4) is 17.2 Å². The zero-order chi connectivity index (χ0) is 22.1. The summed E-state index contributed by atoms with van der Waals surface area (Å²) in [7, 11) is 0. The van der Waals surface area contributed by atoms with Gasteiger partial charge in [0, 0.05) is 12.3 Å². The van der Waals surface area contributed by atoms with E-state index in [4.69, 9.17) is 5.73 Å². The van der Waals surface area contributed by atoms with Crippen LogP contribution in [-0.4, -0.2) is 19.4 Å². The Balaban J connectivity index is 1.94. The van der Waals surface area contributed by atoms with Gasteiger partial charge in [-0.15, -0.1) is 0 Å². The lowest BCUT2D eigenvalue weighted by Crippen LogP contribution is -2.23. The predicted octanol–water partition coefficient (Wildman–Crippen LogP) is 3.06. The van der Waals surface area contributed by atoms with Crippen molar-refractivity contribution in [2.24, 2.45) is 0 Å². The Morgan fingerprint density at radius 1 is 1.19 bits per heavy atom. The van der Waals surface area contributed by atoms with Gasteiger partial charge in [0.05, 0.1) is 17.3 Å². The fourth-order valence-corrected chi connectivity index (χ4v) is 3.28. The van der Waals surface area contributed by atoms with Crippen LogP contribution in [0, 0.1) is 23.0 Å². The Kier molecular flexibility index (Phi) is 5.00. The molecule has 1 unspecified atom stereocenters. The van der Waals surface area contributed by atoms with Crippen molar-refractivity contribution < 1.29 is 8.78 Å². The minimum atomic E-state index is -0.825. The van der Waals surface area contributed by atoms with Crippen LogP contribution in [0.4, 0.5) is 20.4 Å². The van der Waals surface area contributed by atoms with Crippen LogP contribution in [0.25, 0.3) is 16.8 Å². The van der Waals surface area contributed by atoms with Crippen LogP contribution in [-0.2, 0) is 0 Å². The molecular formula is C21H15F2N7O. The first kappa shape index (κ1) is 19.9. The molecule has 1 aromatic carbocycles. The van der Waals surface area contributed by atoms with Crippen LogP contribution in [0.3, 0.4) is 0 Å². The van der Waals surface area contributed by atoms with E-state index in [1.165, 1.54) is 16.9 Å². The first-order valence-corrected chi connectivity index (χ1v) is 9.14. The van der Waals surface area contributed by atoms with Crippen molar-refractivity contribution in [2.75, 3.05) is 11.1 Å². The Bertz CT molecular complexity index is 1390. The summed E-state index contributed by atoms with van der Waals surface area (Å²) in [6.45, 7) is 1.68. The highest BCUT2D eigenvalue weighted by Crippen LogP contribution is 2.29. The van der Waals surface area contributed by atoms with Gasteiger partial charge in [0.25, 0.3) is 5.56 Å². The van der Waals surface area contributed by atoms with Gasteiger partial charge in [-0.2, -0.15) is 5.26 Å². The van der Waals surface area contributed by atoms with Crippen molar-refractivity contribution in [3.63, 3.8) is 0 Å². The number of nitrogens with one attached hydrogen (secondary N) is 1. The zero-order valence-electron chi connectivity index (χ0n) is 16.2. The Morgan fingerprint density at radius 2 is 1.94 bits per heavy atom. The van der Waals surface area contributed by atoms with Gasteiger partial charge >= 0.3 is 0 Å². The van der Waals surface area contributed by atoms with Gasteiger partial charge in [-0.25, -0.2) is 23.7 Å². The van der Waals surface area contributed by atoms with Crippen molar-refractivity contribution in [1.82, 2.24) is 19.4 Å². The van der Waals surface area contributed by atoms with Gasteiger partial charge in [0.15, 0.2) is 0 Å². The quantitative estimate of drug-likeness (QED) is 0.521. The monoisotopic (exact) mass is 419 g/mol. The van der Waals surface area contributed by atoms with Crippen LogP contribution in [0.1, 0.15) is 24.2 Å². The molecule has 0 aliphatic rings. The number of nitrogens with zero attached hydrogens (tertiary/aromatic N) is 5. The average Bonchev–Trinajstić information content (AvgIpc) is 2.73. The summed E-state index contributed by atoms with van der Waals surface area (Å²) in [5.41, 5.74) is 5.90. The average molecular weight is 419 g/mol. The summed E-state index contributed by atoms with van der Waals surface area (Å²) in [4.78, 5) is 25.6. The minimum Gasteiger partial charge on any atom is -0.382 e. The van der Waals surface area contributed by atoms with E-state index in [0.29, 0.717) is 5.65 Å². The second-order valence-corrected chi connectivity index (χ2v) is 6.72. The van der Waals surface area contributed by atoms with E-state index in [1.54, 1.807) is 25.1 Å². The van der Waals surface area contributed by atoms with E-state index < -0.39 is 23.2 Å². The minimum absolute atomic E-state index is 0.00818. The fourth-order valence-electron chi connectivity index (χ4n) is 3.28. The molecule has 3 aromatic heterocycles. The third kappa shape index (κ3) is 3.64. The van der Waals surface area contributed by atoms with Crippen molar-refractivity contribution >= 4 is 17.3 Å². The Labute approximate surface area is 174 Å². The Hall–Kier alpha value is -4.39. The number of aromatic nitrogens is 4. The molecule has 1 atom stereocenters. The highest BCUT2D eigenvalue weighted by atomic mass is 19.1. The first-order valence-electron chi connectivity index (χ1n) is 9.14. The lowest BCUT2D eigenvalue weighted by molar-refractivity contribution is 0.584. The van der Waals surface area contributed by atoms with Crippen LogP contribution in [0.2, 0.25) is 0 Å². The molecule has 31 heavy (non-hydrogen) atoms. The predicted molar refractivity (Wildman–Crippen MR) is 110 cm³/mol. The molecule has 0 amide bonds. The summed E-state index contributed by atoms with van der Waals surface area (Å²) in [5, 5.41) is 12.4. The molecule has 3 N–H and O–H groups in total. The molecule has 154 valence electrons. The van der Waals surface area contributed by atoms with Gasteiger partial charge in [0.2, 0.25) is 0 Å². The number of fused-ring (bicyclic) bond motifs is 1. The van der Waals surface area contributed by atoms with Crippen LogP contribution in [0.15, 0.2) is 53.7 Å². The third-order valence-electron chi connectivity index (χ3n) is 4.67. The van der Waals surface area contributed by atoms with Crippen molar-refractivity contribution in [3.05, 3.63) is 82.2 Å². The number of benzene rings is 1. The zero-order valence-corrected chi connectivity index (χ0v) is 16.2. The number of nitrogens with two attached hydrogens (primary N) is 1. The SMILES string of the molecule is CC(Nc1ncnc(N)c1C#N)c1nc2ccccn2c(=O)c1-c1cc(F)cc(F)c1. The largest absolute Gasteiger partial charge is 0.382 e. The summed E-state index contributed by atoms with van der Waals surface area (Å²) in [6, 6.07) is 9.10. The van der Waals surface area contributed by atoms with Gasteiger partial charge in [0.1, 0.15) is 46.9 Å². The molecule has 4 aromatic rings. The number of rotatable bonds is 4. The highest BCUT2D eigenvalue weighted by molar-refractivity contribution is 5.69. The number of pyridine rings is 1. The summed E-state index contributed by atoms with van der Waals surface area (Å²) in [5.74, 6) is -1.51. The molecule has 0 bridgehead atoms. The second kappa shape index (κ2) is 7.79. The van der Waals surface area contributed by atoms with Gasteiger partial charge in [-0.3, -0.25) is 9.20 Å². The van der Waals surface area contributed by atoms with Crippen LogP contribution < -0.4 is 16.6 Å². The van der Waals surface area contributed by atoms with Crippen molar-refractivity contribution in [1.29, 1.82) is 5.26 Å². The second-order valence-electron chi connectivity index (χ2n) is 6.72. The maximum Gasteiger partial charge on any atom is 0.266 e. The lowest BCUT2D eigenvalue weighted by atomic mass is 10.0. The summed E-state index contributed by atoms with van der Waals surface area (Å²) in [6.07, 6.45) is 2.71. The molecule has 0 fully saturated rings. The molecule has 0 saturated heterocycles. The van der Waals surface area contributed by atoms with E-state index in [1.807, 2.05) is 6.07 Å². The topological polar surface area (TPSA) is 122 Å². The number of nitriles is 1. The molecule has 10 heteroatoms. The Morgan fingerprint density at radius 3 is 2.65 bits per heavy atom. The maximum absolute atomic E-state index is 13.9. The van der Waals surface area contributed by atoms with Crippen molar-refractivity contribution in [2.45, 2.75) is 13.0 Å². The number of halogens is 2. The van der Waals surface area contributed by atoms with Gasteiger partial charge in [-0.05, 0) is 36.8 Å². The van der Waals surface area contributed by atoms with E-state index in [-0.39, 0.29) is 34.0 Å². The molecule has 0 spiro atoms. The molecule has 4 rings (SSSR count). The van der Waals surface area contributed by atoms with E-state index >= 15 is 0 Å². The fraction of sp³-hybridized carbons (Fsp3) is 0.0952. The number of hydrogen-bond acceptors (Lipinski definition) is 7. The molecule has 3 heterocycles. The molecule has 0 aliphatic heterocycles. The van der Waals surface area contributed by atoms with E-state index in [0.717, 1.165) is 18.2 Å². The molecular weight excluding hydrogens is 404 g/mol. The van der Waals surface area contributed by atoms with Crippen LogP contribution >= 0.6 is 0 Å². The number of nitrogen functional groups attached to an aromatic ring is 1. The van der Waals surface area contributed by atoms with Gasteiger partial charge < -0.3 is 11.1 Å². The molecule has 8 nitrogen and oxygen atoms in total. The molecule has 0 radical (unpaired) electrons. The molecule has 0 aliphatic carbocycles. The van der Waals surface area contributed by atoms with Crippen LogP contribution in [0.5, 0.6) is 0 Å². The normalized spacial score (nSPS) is 11.8. The van der Waals surface area contributed by atoms with E-state index in [9.17, 15) is 18.8 Å². The van der Waals surface area contributed by atoms with E-state index in [2.05, 4.69) is 20.3 Å². The maximum atomic E-state index is 13.9. The summed E-state index contributed by atoms with van der Waals surface area (Å²) >= 11 is 0. The van der Waals surface area contributed by atoms with Gasteiger partial charge in [-0.1, -0.05) is 6.07 Å². The summed E-state index contributed by atoms with van der Waals surface area (Å²) < 4.78 is 29.2. The lowest BCUT2D eigenvalue weighted by Gasteiger charge is -2.19. The smallest absolute Gasteiger partial charge is 0.266 e. The number of anilines is 2. The third-order valence-corrected chi connectivity index (χ3v) is 4.67. The highest BCUT2D eigenvalue weighted by Gasteiger charge is 2.22.